The van der Waals surface area contributed by atoms with Crippen LogP contribution in [0.25, 0.3) is 22.2 Å². The molecule has 2 saturated heterocycles. The number of amides is 1. The van der Waals surface area contributed by atoms with Crippen molar-refractivity contribution in [1.29, 1.82) is 0 Å². The number of carbonyl (C=O) groups is 1. The number of hydrogen-bond donors (Lipinski definition) is 1. The molecular formula is C32H35N5O5. The van der Waals surface area contributed by atoms with Crippen LogP contribution in [0.3, 0.4) is 0 Å². The lowest BCUT2D eigenvalue weighted by molar-refractivity contribution is -0.127. The fourth-order valence-electron chi connectivity index (χ4n) is 5.54. The quantitative estimate of drug-likeness (QED) is 0.270. The van der Waals surface area contributed by atoms with Crippen LogP contribution in [0.2, 0.25) is 0 Å². The molecule has 2 aromatic heterocycles. The van der Waals surface area contributed by atoms with Crippen LogP contribution in [0, 0.1) is 0 Å². The van der Waals surface area contributed by atoms with Crippen molar-refractivity contribution in [3.63, 3.8) is 0 Å². The monoisotopic (exact) mass is 569 g/mol. The molecule has 0 aliphatic carbocycles. The molecule has 0 radical (unpaired) electrons. The summed E-state index contributed by atoms with van der Waals surface area (Å²) >= 11 is 0. The zero-order chi connectivity index (χ0) is 29.1. The highest BCUT2D eigenvalue weighted by Gasteiger charge is 2.25. The first kappa shape index (κ1) is 27.6. The molecule has 10 nitrogen and oxygen atoms in total. The van der Waals surface area contributed by atoms with Gasteiger partial charge in [0, 0.05) is 56.0 Å². The summed E-state index contributed by atoms with van der Waals surface area (Å²) < 4.78 is 24.2. The lowest BCUT2D eigenvalue weighted by atomic mass is 10.1. The zero-order valence-corrected chi connectivity index (χ0v) is 23.9. The third-order valence-corrected chi connectivity index (χ3v) is 7.82. The summed E-state index contributed by atoms with van der Waals surface area (Å²) in [5.74, 6) is 3.26. The van der Waals surface area contributed by atoms with Gasteiger partial charge in [-0.25, -0.2) is 9.97 Å². The van der Waals surface area contributed by atoms with E-state index in [9.17, 15) is 4.79 Å². The first-order valence-electron chi connectivity index (χ1n) is 14.2. The Balaban J connectivity index is 1.31. The molecule has 1 atom stereocenters. The Morgan fingerprint density at radius 3 is 2.55 bits per heavy atom. The van der Waals surface area contributed by atoms with Crippen LogP contribution in [0.15, 0.2) is 72.1 Å². The van der Waals surface area contributed by atoms with E-state index in [-0.39, 0.29) is 18.1 Å². The van der Waals surface area contributed by atoms with Gasteiger partial charge in [0.2, 0.25) is 5.91 Å². The third-order valence-electron chi connectivity index (χ3n) is 7.82. The van der Waals surface area contributed by atoms with Crippen LogP contribution in [0.4, 0.5) is 11.5 Å². The van der Waals surface area contributed by atoms with Gasteiger partial charge < -0.3 is 33.7 Å². The van der Waals surface area contributed by atoms with Crippen LogP contribution in [0.5, 0.6) is 17.2 Å². The summed E-state index contributed by atoms with van der Waals surface area (Å²) in [4.78, 5) is 25.2. The second-order valence-electron chi connectivity index (χ2n) is 10.7. The maximum atomic E-state index is 12.0. The number of rotatable bonds is 9. The number of hydrogen-bond acceptors (Lipinski definition) is 9. The molecule has 1 N–H and O–H groups in total. The van der Waals surface area contributed by atoms with Crippen molar-refractivity contribution in [3.8, 4) is 28.6 Å². The van der Waals surface area contributed by atoms with Crippen molar-refractivity contribution in [2.45, 2.75) is 31.5 Å². The van der Waals surface area contributed by atoms with Crippen molar-refractivity contribution >= 4 is 28.3 Å². The summed E-state index contributed by atoms with van der Waals surface area (Å²) in [6.07, 6.45) is 6.99. The van der Waals surface area contributed by atoms with Crippen LogP contribution < -0.4 is 19.5 Å². The number of likely N-dealkylation sites (tertiary alicyclic amines) is 2. The summed E-state index contributed by atoms with van der Waals surface area (Å²) in [6.45, 7) is 6.70. The Kier molecular flexibility index (Phi) is 7.96. The van der Waals surface area contributed by atoms with E-state index >= 15 is 0 Å². The zero-order valence-electron chi connectivity index (χ0n) is 23.9. The van der Waals surface area contributed by atoms with Gasteiger partial charge in [-0.3, -0.25) is 4.79 Å². The second kappa shape index (κ2) is 12.1. The highest BCUT2D eigenvalue weighted by atomic mass is 16.5. The summed E-state index contributed by atoms with van der Waals surface area (Å²) in [7, 11) is 3.72. The molecule has 218 valence electrons. The number of likely N-dealkylation sites (N-methyl/N-ethyl adjacent to an activating group) is 1. The maximum absolute atomic E-state index is 12.0. The predicted molar refractivity (Wildman–Crippen MR) is 160 cm³/mol. The number of nitrogens with one attached hydrogen (secondary N) is 1. The molecule has 0 bridgehead atoms. The Morgan fingerprint density at radius 1 is 1.02 bits per heavy atom. The number of anilines is 2. The number of carbonyl (C=O) groups excluding carboxylic acids is 1. The van der Waals surface area contributed by atoms with E-state index in [1.165, 1.54) is 12.4 Å². The first-order chi connectivity index (χ1) is 20.5. The van der Waals surface area contributed by atoms with E-state index in [1.54, 1.807) is 18.3 Å². The molecule has 2 aliphatic rings. The van der Waals surface area contributed by atoms with Crippen molar-refractivity contribution < 1.29 is 23.4 Å². The number of fused-ring (bicyclic) bond motifs is 1. The highest BCUT2D eigenvalue weighted by Crippen LogP contribution is 2.39. The number of nitrogens with zero attached hydrogens (tertiary/aromatic N) is 4. The standard InChI is InChI=1S/C32H35N5O5/c1-4-31(38)37-13-10-22(11-14-37)41-30-17-24-25(18-29(30)39-3)33-20-34-32(24)35-26-16-21(27-6-5-15-40-27)7-8-28(26)42-23-9-12-36(2)19-23/h4-8,15-18,20,22-23H,1,9-14,19H2,2-3H3,(H,33,34,35). The molecule has 4 heterocycles. The Morgan fingerprint density at radius 2 is 1.83 bits per heavy atom. The van der Waals surface area contributed by atoms with E-state index in [4.69, 9.17) is 18.6 Å². The Labute approximate surface area is 244 Å². The predicted octanol–water partition coefficient (Wildman–Crippen LogP) is 5.28. The smallest absolute Gasteiger partial charge is 0.245 e. The minimum atomic E-state index is -0.0548. The van der Waals surface area contributed by atoms with Gasteiger partial charge in [-0.15, -0.1) is 0 Å². The maximum Gasteiger partial charge on any atom is 0.245 e. The minimum Gasteiger partial charge on any atom is -0.493 e. The molecule has 10 heteroatoms. The van der Waals surface area contributed by atoms with Gasteiger partial charge in [0.05, 0.1) is 24.6 Å². The SMILES string of the molecule is C=CC(=O)N1CCC(Oc2cc3c(Nc4cc(-c5ccco5)ccc4OC4CCN(C)C4)ncnc3cc2OC)CC1. The molecule has 2 aliphatic heterocycles. The first-order valence-corrected chi connectivity index (χ1v) is 14.2. The molecule has 0 saturated carbocycles. The molecular weight excluding hydrogens is 534 g/mol. The average Bonchev–Trinajstić information content (AvgIpc) is 3.70. The number of benzene rings is 2. The Hall–Kier alpha value is -4.57. The van der Waals surface area contributed by atoms with Crippen molar-refractivity contribution in [2.75, 3.05) is 45.7 Å². The fraction of sp³-hybridized carbons (Fsp3) is 0.344. The lowest BCUT2D eigenvalue weighted by Crippen LogP contribution is -2.41. The van der Waals surface area contributed by atoms with Crippen molar-refractivity contribution in [3.05, 3.63) is 67.7 Å². The minimum absolute atomic E-state index is 0.0518. The molecule has 6 rings (SSSR count). The number of furan rings is 1. The van der Waals surface area contributed by atoms with Crippen LogP contribution in [-0.4, -0.2) is 78.2 Å². The van der Waals surface area contributed by atoms with Gasteiger partial charge in [-0.1, -0.05) is 6.58 Å². The van der Waals surface area contributed by atoms with E-state index in [1.807, 2.05) is 42.5 Å². The molecule has 1 amide bonds. The summed E-state index contributed by atoms with van der Waals surface area (Å²) in [6, 6.07) is 13.6. The number of piperidine rings is 1. The van der Waals surface area contributed by atoms with Crippen molar-refractivity contribution in [1.82, 2.24) is 19.8 Å². The fourth-order valence-corrected chi connectivity index (χ4v) is 5.54. The van der Waals surface area contributed by atoms with Crippen LogP contribution >= 0.6 is 0 Å². The normalized spacial score (nSPS) is 17.8. The van der Waals surface area contributed by atoms with Gasteiger partial charge in [-0.05, 0) is 55.9 Å². The number of aromatic nitrogens is 2. The van der Waals surface area contributed by atoms with E-state index < -0.39 is 0 Å². The molecule has 1 unspecified atom stereocenters. The largest absolute Gasteiger partial charge is 0.493 e. The summed E-state index contributed by atoms with van der Waals surface area (Å²) in [5, 5.41) is 4.29. The molecule has 42 heavy (non-hydrogen) atoms. The van der Waals surface area contributed by atoms with Gasteiger partial charge >= 0.3 is 0 Å². The van der Waals surface area contributed by atoms with E-state index in [0.717, 1.165) is 47.7 Å². The number of ether oxygens (including phenoxy) is 3. The molecule has 2 fully saturated rings. The second-order valence-corrected chi connectivity index (χ2v) is 10.7. The molecule has 0 spiro atoms. The topological polar surface area (TPSA) is 102 Å². The van der Waals surface area contributed by atoms with Gasteiger partial charge in [0.25, 0.3) is 0 Å². The average molecular weight is 570 g/mol. The lowest BCUT2D eigenvalue weighted by Gasteiger charge is -2.31. The highest BCUT2D eigenvalue weighted by molar-refractivity contribution is 5.93. The molecule has 2 aromatic carbocycles. The Bertz CT molecular complexity index is 1570. The molecule has 4 aromatic rings. The van der Waals surface area contributed by atoms with Gasteiger partial charge in [-0.2, -0.15) is 0 Å². The van der Waals surface area contributed by atoms with Crippen LogP contribution in [0.1, 0.15) is 19.3 Å². The van der Waals surface area contributed by atoms with E-state index in [0.29, 0.717) is 48.8 Å². The summed E-state index contributed by atoms with van der Waals surface area (Å²) in [5.41, 5.74) is 2.41. The van der Waals surface area contributed by atoms with Gasteiger partial charge in [0.15, 0.2) is 11.5 Å². The number of methoxy groups -OCH3 is 1. The van der Waals surface area contributed by atoms with Crippen molar-refractivity contribution in [2.24, 2.45) is 0 Å². The van der Waals surface area contributed by atoms with Gasteiger partial charge in [0.1, 0.15) is 35.9 Å². The van der Waals surface area contributed by atoms with E-state index in [2.05, 4.69) is 33.8 Å². The van der Waals surface area contributed by atoms with Crippen LogP contribution in [-0.2, 0) is 4.79 Å². The third kappa shape index (κ3) is 5.89.